The van der Waals surface area contributed by atoms with Crippen molar-refractivity contribution >= 4 is 32.8 Å². The van der Waals surface area contributed by atoms with Crippen LogP contribution in [0.2, 0.25) is 0 Å². The van der Waals surface area contributed by atoms with E-state index in [1.165, 1.54) is 0 Å². The summed E-state index contributed by atoms with van der Waals surface area (Å²) in [7, 11) is 0. The monoisotopic (exact) mass is 293 g/mol. The number of rotatable bonds is 1. The molecule has 0 saturated heterocycles. The zero-order valence-electron chi connectivity index (χ0n) is 9.19. The van der Waals surface area contributed by atoms with Crippen molar-refractivity contribution < 1.29 is 9.90 Å². The van der Waals surface area contributed by atoms with Crippen molar-refractivity contribution in [3.63, 3.8) is 0 Å². The van der Waals surface area contributed by atoms with Crippen LogP contribution in [0.25, 0.3) is 10.9 Å². The second-order valence-corrected chi connectivity index (χ2v) is 5.37. The first kappa shape index (κ1) is 10.8. The summed E-state index contributed by atoms with van der Waals surface area (Å²) >= 11 is 3.44. The molecule has 4 heteroatoms. The molecule has 0 bridgehead atoms. The third-order valence-corrected chi connectivity index (χ3v) is 3.88. The van der Waals surface area contributed by atoms with Gasteiger partial charge < -0.3 is 9.67 Å². The average Bonchev–Trinajstić information content (AvgIpc) is 2.66. The molecule has 0 spiro atoms. The van der Waals surface area contributed by atoms with Gasteiger partial charge in [-0.25, -0.2) is 4.79 Å². The lowest BCUT2D eigenvalue weighted by atomic mass is 10.0. The van der Waals surface area contributed by atoms with E-state index in [1.807, 2.05) is 22.8 Å². The second kappa shape index (κ2) is 3.88. The van der Waals surface area contributed by atoms with Crippen molar-refractivity contribution in [2.45, 2.75) is 25.3 Å². The third-order valence-electron chi connectivity index (χ3n) is 3.39. The molecule has 1 aromatic carbocycles. The van der Waals surface area contributed by atoms with Gasteiger partial charge in [-0.15, -0.1) is 0 Å². The van der Waals surface area contributed by atoms with Gasteiger partial charge in [0.05, 0.1) is 5.52 Å². The first-order valence-corrected chi connectivity index (χ1v) is 6.48. The number of aliphatic carboxylic acids is 1. The molecular weight excluding hydrogens is 282 g/mol. The maximum absolute atomic E-state index is 11.3. The van der Waals surface area contributed by atoms with Crippen molar-refractivity contribution in [2.75, 3.05) is 0 Å². The number of hydrogen-bond acceptors (Lipinski definition) is 1. The summed E-state index contributed by atoms with van der Waals surface area (Å²) in [5.74, 6) is -0.733. The van der Waals surface area contributed by atoms with E-state index in [0.717, 1.165) is 40.3 Å². The zero-order valence-corrected chi connectivity index (χ0v) is 10.8. The van der Waals surface area contributed by atoms with Crippen molar-refractivity contribution in [1.82, 2.24) is 4.57 Å². The molecule has 0 amide bonds. The minimum atomic E-state index is -0.733. The number of aryl methyl sites for hydroxylation is 1. The molecule has 88 valence electrons. The van der Waals surface area contributed by atoms with Crippen molar-refractivity contribution in [1.29, 1.82) is 0 Å². The highest BCUT2D eigenvalue weighted by Crippen LogP contribution is 2.33. The predicted molar refractivity (Wildman–Crippen MR) is 69.2 cm³/mol. The molecule has 2 heterocycles. The van der Waals surface area contributed by atoms with Gasteiger partial charge >= 0.3 is 5.97 Å². The standard InChI is InChI=1S/C13H12BrNO2/c14-9-5-4-8-6-10-2-1-3-11(13(16)17)15(10)12(8)7-9/h4-7,11H,1-3H2,(H,16,17). The molecule has 3 nitrogen and oxygen atoms in total. The number of nitrogens with zero attached hydrogens (tertiary/aromatic N) is 1. The van der Waals surface area contributed by atoms with Crippen molar-refractivity contribution in [2.24, 2.45) is 0 Å². The van der Waals surface area contributed by atoms with Crippen LogP contribution in [0.5, 0.6) is 0 Å². The van der Waals surface area contributed by atoms with E-state index in [4.69, 9.17) is 0 Å². The van der Waals surface area contributed by atoms with Gasteiger partial charge in [-0.2, -0.15) is 0 Å². The highest BCUT2D eigenvalue weighted by atomic mass is 79.9. The van der Waals surface area contributed by atoms with Crippen LogP contribution in [0.4, 0.5) is 0 Å². The smallest absolute Gasteiger partial charge is 0.326 e. The van der Waals surface area contributed by atoms with E-state index in [0.29, 0.717) is 0 Å². The highest BCUT2D eigenvalue weighted by Gasteiger charge is 2.27. The van der Waals surface area contributed by atoms with Crippen LogP contribution in [-0.2, 0) is 11.2 Å². The van der Waals surface area contributed by atoms with E-state index >= 15 is 0 Å². The Morgan fingerprint density at radius 1 is 1.41 bits per heavy atom. The van der Waals surface area contributed by atoms with Crippen LogP contribution in [0, 0.1) is 0 Å². The minimum absolute atomic E-state index is 0.412. The van der Waals surface area contributed by atoms with Crippen LogP contribution < -0.4 is 0 Å². The van der Waals surface area contributed by atoms with Crippen LogP contribution >= 0.6 is 15.9 Å². The Balaban J connectivity index is 2.29. The number of fused-ring (bicyclic) bond motifs is 3. The average molecular weight is 294 g/mol. The van der Waals surface area contributed by atoms with Crippen molar-refractivity contribution in [3.8, 4) is 0 Å². The summed E-state index contributed by atoms with van der Waals surface area (Å²) in [5, 5.41) is 10.4. The fourth-order valence-corrected chi connectivity index (χ4v) is 3.00. The number of halogens is 1. The normalized spacial score (nSPS) is 19.2. The van der Waals surface area contributed by atoms with Crippen molar-refractivity contribution in [3.05, 3.63) is 34.4 Å². The molecule has 0 aliphatic carbocycles. The summed E-state index contributed by atoms with van der Waals surface area (Å²) < 4.78 is 2.96. The van der Waals surface area contributed by atoms with Gasteiger partial charge in [-0.3, -0.25) is 0 Å². The van der Waals surface area contributed by atoms with E-state index < -0.39 is 12.0 Å². The van der Waals surface area contributed by atoms with Crippen LogP contribution in [0.3, 0.4) is 0 Å². The molecule has 1 aliphatic heterocycles. The topological polar surface area (TPSA) is 42.2 Å². The minimum Gasteiger partial charge on any atom is -0.480 e. The Bertz CT molecular complexity index is 603. The van der Waals surface area contributed by atoms with E-state index in [2.05, 4.69) is 22.0 Å². The number of carboxylic acid groups (broad SMARTS) is 1. The molecule has 0 fully saturated rings. The first-order valence-electron chi connectivity index (χ1n) is 5.69. The van der Waals surface area contributed by atoms with E-state index in [9.17, 15) is 9.90 Å². The van der Waals surface area contributed by atoms with Crippen LogP contribution in [0.1, 0.15) is 24.6 Å². The van der Waals surface area contributed by atoms with Crippen LogP contribution in [-0.4, -0.2) is 15.6 Å². The molecule has 0 saturated carbocycles. The lowest BCUT2D eigenvalue weighted by molar-refractivity contribution is -0.141. The lowest BCUT2D eigenvalue weighted by Gasteiger charge is -2.23. The number of carboxylic acids is 1. The third kappa shape index (κ3) is 1.67. The fraction of sp³-hybridized carbons (Fsp3) is 0.308. The summed E-state index contributed by atoms with van der Waals surface area (Å²) in [6.45, 7) is 0. The van der Waals surface area contributed by atoms with E-state index in [1.54, 1.807) is 0 Å². The number of benzene rings is 1. The maximum atomic E-state index is 11.3. The summed E-state index contributed by atoms with van der Waals surface area (Å²) in [6, 6.07) is 7.72. The molecule has 1 aliphatic rings. The van der Waals surface area contributed by atoms with Gasteiger partial charge in [0.15, 0.2) is 0 Å². The Morgan fingerprint density at radius 3 is 3.00 bits per heavy atom. The molecule has 3 rings (SSSR count). The quantitative estimate of drug-likeness (QED) is 0.876. The molecule has 1 unspecified atom stereocenters. The van der Waals surface area contributed by atoms with Gasteiger partial charge in [-0.1, -0.05) is 22.0 Å². The van der Waals surface area contributed by atoms with Gasteiger partial charge in [-0.05, 0) is 42.8 Å². The Morgan fingerprint density at radius 2 is 2.24 bits per heavy atom. The number of aromatic nitrogens is 1. The van der Waals surface area contributed by atoms with Gasteiger partial charge in [0, 0.05) is 10.2 Å². The number of carbonyl (C=O) groups is 1. The summed E-state index contributed by atoms with van der Waals surface area (Å²) in [4.78, 5) is 11.3. The second-order valence-electron chi connectivity index (χ2n) is 4.46. The molecule has 2 aromatic rings. The molecular formula is C13H12BrNO2. The summed E-state index contributed by atoms with van der Waals surface area (Å²) in [6.07, 6.45) is 2.64. The Kier molecular flexibility index (Phi) is 2.47. The highest BCUT2D eigenvalue weighted by molar-refractivity contribution is 9.10. The van der Waals surface area contributed by atoms with Gasteiger partial charge in [0.1, 0.15) is 6.04 Å². The first-order chi connectivity index (χ1) is 8.16. The molecule has 1 atom stereocenters. The molecule has 1 aromatic heterocycles. The fourth-order valence-electron chi connectivity index (χ4n) is 2.65. The SMILES string of the molecule is O=C(O)C1CCCc2cc3ccc(Br)cc3n21. The molecule has 1 N–H and O–H groups in total. The Hall–Kier alpha value is -1.29. The zero-order chi connectivity index (χ0) is 12.0. The molecule has 0 radical (unpaired) electrons. The summed E-state index contributed by atoms with van der Waals surface area (Å²) in [5.41, 5.74) is 2.15. The largest absolute Gasteiger partial charge is 0.480 e. The molecule has 17 heavy (non-hydrogen) atoms. The Labute approximate surface area is 107 Å². The van der Waals surface area contributed by atoms with Gasteiger partial charge in [0.25, 0.3) is 0 Å². The van der Waals surface area contributed by atoms with E-state index in [-0.39, 0.29) is 0 Å². The predicted octanol–water partition coefficient (Wildman–Crippen LogP) is 3.37. The maximum Gasteiger partial charge on any atom is 0.326 e. The lowest BCUT2D eigenvalue weighted by Crippen LogP contribution is -2.24. The number of hydrogen-bond donors (Lipinski definition) is 1. The van der Waals surface area contributed by atoms with Crippen LogP contribution in [0.15, 0.2) is 28.7 Å². The van der Waals surface area contributed by atoms with Gasteiger partial charge in [0.2, 0.25) is 0 Å².